The highest BCUT2D eigenvalue weighted by atomic mass is 35.5. The first-order chi connectivity index (χ1) is 11.9. The van der Waals surface area contributed by atoms with Gasteiger partial charge in [0, 0.05) is 12.4 Å². The molecule has 0 fully saturated rings. The number of hydrogen-bond donors (Lipinski definition) is 1. The fourth-order valence-electron chi connectivity index (χ4n) is 2.13. The van der Waals surface area contributed by atoms with E-state index >= 15 is 0 Å². The molecule has 0 atom stereocenters. The van der Waals surface area contributed by atoms with Gasteiger partial charge >= 0.3 is 23.5 Å². The van der Waals surface area contributed by atoms with Crippen molar-refractivity contribution in [1.29, 1.82) is 0 Å². The molecule has 0 radical (unpaired) electrons. The smallest absolute Gasteiger partial charge is 0.434 e. The maximum Gasteiger partial charge on any atom is 0.434 e. The van der Waals surface area contributed by atoms with Gasteiger partial charge in [0.15, 0.2) is 5.69 Å². The second-order valence-electron chi connectivity index (χ2n) is 4.67. The molecule has 0 saturated heterocycles. The summed E-state index contributed by atoms with van der Waals surface area (Å²) in [6.45, 7) is 0. The molecule has 2 rings (SSSR count). The van der Waals surface area contributed by atoms with Crippen molar-refractivity contribution in [2.24, 2.45) is 0 Å². The van der Waals surface area contributed by atoms with Gasteiger partial charge in [0.2, 0.25) is 0 Å². The van der Waals surface area contributed by atoms with Crippen LogP contribution < -0.4 is 0 Å². The minimum Gasteiger partial charge on any atom is -0.478 e. The van der Waals surface area contributed by atoms with E-state index in [1.807, 2.05) is 0 Å². The Balaban J connectivity index is 3.14. The van der Waals surface area contributed by atoms with Crippen LogP contribution in [0.15, 0.2) is 18.7 Å². The zero-order chi connectivity index (χ0) is 19.9. The van der Waals surface area contributed by atoms with Crippen molar-refractivity contribution in [2.45, 2.75) is 11.6 Å². The minimum atomic E-state index is -5.44. The number of aromatic carboxylic acids is 1. The first-order valence-electron chi connectivity index (χ1n) is 6.42. The molecule has 2 heterocycles. The minimum absolute atomic E-state index is 0.638. The van der Waals surface area contributed by atoms with Crippen LogP contribution in [0.3, 0.4) is 0 Å². The fourth-order valence-corrected chi connectivity index (χ4v) is 2.27. The zero-order valence-electron chi connectivity index (χ0n) is 12.5. The molecule has 140 valence electrons. The van der Waals surface area contributed by atoms with Gasteiger partial charge in [0.1, 0.15) is 16.8 Å². The quantitative estimate of drug-likeness (QED) is 0.482. The van der Waals surface area contributed by atoms with Gasteiger partial charge in [-0.25, -0.2) is 19.6 Å². The van der Waals surface area contributed by atoms with E-state index < -0.39 is 51.7 Å². The maximum absolute atomic E-state index is 13.7. The number of esters is 1. The van der Waals surface area contributed by atoms with Gasteiger partial charge < -0.3 is 14.4 Å². The van der Waals surface area contributed by atoms with Crippen LogP contribution in [-0.4, -0.2) is 38.7 Å². The summed E-state index contributed by atoms with van der Waals surface area (Å²) in [5.41, 5.74) is -7.79. The molecule has 0 spiro atoms. The van der Waals surface area contributed by atoms with Gasteiger partial charge in [-0.2, -0.15) is 22.0 Å². The Morgan fingerprint density at radius 1 is 1.19 bits per heavy atom. The monoisotopic (exact) mass is 399 g/mol. The third kappa shape index (κ3) is 3.45. The van der Waals surface area contributed by atoms with E-state index in [0.29, 0.717) is 4.57 Å². The van der Waals surface area contributed by atoms with Crippen LogP contribution >= 0.6 is 11.6 Å². The third-order valence-corrected chi connectivity index (χ3v) is 3.25. The van der Waals surface area contributed by atoms with Crippen molar-refractivity contribution in [3.8, 4) is 5.69 Å². The summed E-state index contributed by atoms with van der Waals surface area (Å²) in [4.78, 5) is 29.6. The SMILES string of the molecule is COC(=O)c1c(C(F)(F)Cl)nc(C(F)(F)F)c(C(=O)O)c1-n1ccnc1. The summed E-state index contributed by atoms with van der Waals surface area (Å²) in [6.07, 6.45) is -2.65. The predicted octanol–water partition coefficient (Wildman–Crippen LogP) is 3.06. The number of pyridine rings is 1. The summed E-state index contributed by atoms with van der Waals surface area (Å²) in [5, 5.41) is 4.70. The molecule has 13 heteroatoms. The molecule has 0 aliphatic rings. The molecule has 0 aromatic carbocycles. The number of rotatable bonds is 4. The molecule has 26 heavy (non-hydrogen) atoms. The molecule has 0 unspecified atom stereocenters. The van der Waals surface area contributed by atoms with E-state index in [2.05, 4.69) is 14.7 Å². The van der Waals surface area contributed by atoms with E-state index in [4.69, 9.17) is 11.6 Å². The number of aromatic nitrogens is 3. The molecular weight excluding hydrogens is 393 g/mol. The number of halogens is 6. The van der Waals surface area contributed by atoms with Crippen molar-refractivity contribution in [3.63, 3.8) is 0 Å². The van der Waals surface area contributed by atoms with Crippen molar-refractivity contribution in [2.75, 3.05) is 7.11 Å². The normalized spacial score (nSPS) is 12.1. The number of nitrogens with zero attached hydrogens (tertiary/aromatic N) is 3. The first-order valence-corrected chi connectivity index (χ1v) is 6.79. The molecule has 2 aromatic rings. The Kier molecular flexibility index (Phi) is 4.90. The Morgan fingerprint density at radius 3 is 2.19 bits per heavy atom. The Bertz CT molecular complexity index is 862. The molecule has 0 aliphatic heterocycles. The van der Waals surface area contributed by atoms with E-state index in [1.54, 1.807) is 0 Å². The highest BCUT2D eigenvalue weighted by Gasteiger charge is 2.46. The van der Waals surface area contributed by atoms with Gasteiger partial charge in [0.25, 0.3) is 0 Å². The number of carboxylic acids is 1. The number of carbonyl (C=O) groups excluding carboxylic acids is 1. The largest absolute Gasteiger partial charge is 0.478 e. The van der Waals surface area contributed by atoms with Crippen molar-refractivity contribution < 1.29 is 41.4 Å². The van der Waals surface area contributed by atoms with Gasteiger partial charge in [0.05, 0.1) is 19.1 Å². The highest BCUT2D eigenvalue weighted by molar-refractivity contribution is 6.22. The fraction of sp³-hybridized carbons (Fsp3) is 0.231. The van der Waals surface area contributed by atoms with Gasteiger partial charge in [-0.15, -0.1) is 0 Å². The summed E-state index contributed by atoms with van der Waals surface area (Å²) >= 11 is 4.81. The van der Waals surface area contributed by atoms with Crippen LogP contribution in [0.1, 0.15) is 32.1 Å². The molecule has 2 aromatic heterocycles. The van der Waals surface area contributed by atoms with Gasteiger partial charge in [-0.05, 0) is 11.6 Å². The lowest BCUT2D eigenvalue weighted by molar-refractivity contribution is -0.142. The Labute approximate surface area is 146 Å². The van der Waals surface area contributed by atoms with Crippen LogP contribution in [0.4, 0.5) is 22.0 Å². The first kappa shape index (κ1) is 19.6. The molecule has 7 nitrogen and oxygen atoms in total. The molecule has 0 amide bonds. The summed E-state index contributed by atoms with van der Waals surface area (Å²) in [5.74, 6) is -3.73. The summed E-state index contributed by atoms with van der Waals surface area (Å²) < 4.78 is 72.1. The van der Waals surface area contributed by atoms with Crippen molar-refractivity contribution in [3.05, 3.63) is 41.2 Å². The lowest BCUT2D eigenvalue weighted by atomic mass is 10.0. The lowest BCUT2D eigenvalue weighted by Crippen LogP contribution is -2.27. The second kappa shape index (κ2) is 6.52. The van der Waals surface area contributed by atoms with Crippen LogP contribution in [0, 0.1) is 0 Å². The zero-order valence-corrected chi connectivity index (χ0v) is 13.3. The number of carbonyl (C=O) groups is 2. The topological polar surface area (TPSA) is 94.3 Å². The van der Waals surface area contributed by atoms with E-state index in [-0.39, 0.29) is 0 Å². The van der Waals surface area contributed by atoms with Gasteiger partial charge in [-0.1, -0.05) is 0 Å². The summed E-state index contributed by atoms with van der Waals surface area (Å²) in [7, 11) is 0.758. The lowest BCUT2D eigenvalue weighted by Gasteiger charge is -2.21. The van der Waals surface area contributed by atoms with Crippen LogP contribution in [-0.2, 0) is 16.3 Å². The highest BCUT2D eigenvalue weighted by Crippen LogP contribution is 2.41. The average Bonchev–Trinajstić information content (AvgIpc) is 3.04. The number of methoxy groups -OCH3 is 1. The molecular formula is C13H7ClF5N3O4. The third-order valence-electron chi connectivity index (χ3n) is 3.07. The number of carboxylic acid groups (broad SMARTS) is 1. The average molecular weight is 400 g/mol. The maximum atomic E-state index is 13.7. The summed E-state index contributed by atoms with van der Waals surface area (Å²) in [6, 6.07) is 0. The number of alkyl halides is 6. The molecule has 1 N–H and O–H groups in total. The number of ether oxygens (including phenoxy) is 1. The Hall–Kier alpha value is -2.76. The van der Waals surface area contributed by atoms with Crippen molar-refractivity contribution in [1.82, 2.24) is 14.5 Å². The molecule has 0 bridgehead atoms. The number of hydrogen-bond acceptors (Lipinski definition) is 5. The van der Waals surface area contributed by atoms with E-state index in [1.165, 1.54) is 0 Å². The number of imidazole rings is 1. The van der Waals surface area contributed by atoms with Crippen molar-refractivity contribution >= 4 is 23.5 Å². The second-order valence-corrected chi connectivity index (χ2v) is 5.14. The molecule has 0 aliphatic carbocycles. The van der Waals surface area contributed by atoms with Gasteiger partial charge in [-0.3, -0.25) is 0 Å². The standard InChI is InChI=1S/C13H7ClF5N3O4/c1-26-11(25)6-7(22-3-2-20-4-22)5(10(23)24)9(13(17,18)19)21-8(6)12(14,15)16/h2-4H,1H3,(H,23,24). The molecule has 0 saturated carbocycles. The predicted molar refractivity (Wildman–Crippen MR) is 74.4 cm³/mol. The van der Waals surface area contributed by atoms with Crippen LogP contribution in [0.2, 0.25) is 0 Å². The van der Waals surface area contributed by atoms with Crippen LogP contribution in [0.5, 0.6) is 0 Å². The van der Waals surface area contributed by atoms with E-state index in [0.717, 1.165) is 25.8 Å². The van der Waals surface area contributed by atoms with Crippen LogP contribution in [0.25, 0.3) is 5.69 Å². The van der Waals surface area contributed by atoms with E-state index in [9.17, 15) is 36.6 Å². The Morgan fingerprint density at radius 2 is 1.81 bits per heavy atom.